The van der Waals surface area contributed by atoms with Crippen LogP contribution < -0.4 is 14.9 Å². The molecule has 4 heterocycles. The summed E-state index contributed by atoms with van der Waals surface area (Å²) in [6, 6.07) is 4.56. The number of hydrogen-bond acceptors (Lipinski definition) is 9. The first kappa shape index (κ1) is 25.3. The van der Waals surface area contributed by atoms with Crippen LogP contribution in [0.1, 0.15) is 18.4 Å². The van der Waals surface area contributed by atoms with E-state index >= 15 is 0 Å². The quantitative estimate of drug-likeness (QED) is 0.296. The number of morpholine rings is 1. The number of aryl methyl sites for hydroxylation is 1. The second kappa shape index (κ2) is 10.3. The summed E-state index contributed by atoms with van der Waals surface area (Å²) in [5.41, 5.74) is 2.22. The SMILES string of the molecule is O=C1COCCN1c1cc(F)cc(Cn2ncc3cnc(Nc4cnn(CCS(=O)(=O)NC5CC5)c4)nc32)c1. The molecule has 1 amide bonds. The molecule has 1 aromatic carbocycles. The van der Waals surface area contributed by atoms with Crippen molar-refractivity contribution in [3.8, 4) is 0 Å². The highest BCUT2D eigenvalue weighted by atomic mass is 32.2. The van der Waals surface area contributed by atoms with Gasteiger partial charge in [-0.2, -0.15) is 15.2 Å². The summed E-state index contributed by atoms with van der Waals surface area (Å²) in [5, 5.41) is 12.4. The van der Waals surface area contributed by atoms with E-state index < -0.39 is 15.8 Å². The van der Waals surface area contributed by atoms with E-state index in [9.17, 15) is 17.6 Å². The van der Waals surface area contributed by atoms with Gasteiger partial charge in [-0.25, -0.2) is 27.2 Å². The molecule has 2 aliphatic rings. The van der Waals surface area contributed by atoms with Crippen LogP contribution in [0.25, 0.3) is 11.0 Å². The summed E-state index contributed by atoms with van der Waals surface area (Å²) in [7, 11) is -3.34. The molecule has 3 aromatic heterocycles. The molecule has 0 spiro atoms. The Morgan fingerprint density at radius 3 is 2.82 bits per heavy atom. The van der Waals surface area contributed by atoms with Gasteiger partial charge in [0.05, 0.1) is 48.9 Å². The molecule has 0 radical (unpaired) electrons. The lowest BCUT2D eigenvalue weighted by Gasteiger charge is -2.27. The zero-order chi connectivity index (χ0) is 27.0. The molecule has 15 heteroatoms. The van der Waals surface area contributed by atoms with E-state index in [2.05, 4.69) is 30.2 Å². The third kappa shape index (κ3) is 6.05. The molecule has 39 heavy (non-hydrogen) atoms. The lowest BCUT2D eigenvalue weighted by atomic mass is 10.1. The highest BCUT2D eigenvalue weighted by molar-refractivity contribution is 7.89. The first-order valence-corrected chi connectivity index (χ1v) is 14.1. The van der Waals surface area contributed by atoms with Gasteiger partial charge >= 0.3 is 0 Å². The Balaban J connectivity index is 1.16. The molecular weight excluding hydrogens is 529 g/mol. The van der Waals surface area contributed by atoms with E-state index in [4.69, 9.17) is 4.74 Å². The molecule has 2 N–H and O–H groups in total. The number of ether oxygens (including phenoxy) is 1. The van der Waals surface area contributed by atoms with Crippen molar-refractivity contribution in [2.45, 2.75) is 32.0 Å². The van der Waals surface area contributed by atoms with Gasteiger partial charge in [0.1, 0.15) is 12.4 Å². The number of carbonyl (C=O) groups is 1. The Morgan fingerprint density at radius 2 is 2.00 bits per heavy atom. The summed E-state index contributed by atoms with van der Waals surface area (Å²) in [4.78, 5) is 22.6. The van der Waals surface area contributed by atoms with Crippen LogP contribution in [-0.4, -0.2) is 75.4 Å². The molecule has 0 bridgehead atoms. The number of rotatable bonds is 10. The van der Waals surface area contributed by atoms with Gasteiger partial charge in [-0.05, 0) is 36.6 Å². The molecule has 0 unspecified atom stereocenters. The van der Waals surface area contributed by atoms with Gasteiger partial charge in [-0.3, -0.25) is 9.48 Å². The topological polar surface area (TPSA) is 149 Å². The van der Waals surface area contributed by atoms with Crippen LogP contribution >= 0.6 is 0 Å². The summed E-state index contributed by atoms with van der Waals surface area (Å²) in [6.07, 6.45) is 8.26. The van der Waals surface area contributed by atoms with Gasteiger partial charge in [-0.1, -0.05) is 0 Å². The summed E-state index contributed by atoms with van der Waals surface area (Å²) < 4.78 is 49.7. The van der Waals surface area contributed by atoms with Crippen LogP contribution in [0, 0.1) is 5.82 Å². The summed E-state index contributed by atoms with van der Waals surface area (Å²) in [5.74, 6) is -0.437. The van der Waals surface area contributed by atoms with Crippen LogP contribution in [0.2, 0.25) is 0 Å². The number of amides is 1. The van der Waals surface area contributed by atoms with Gasteiger partial charge in [-0.15, -0.1) is 0 Å². The van der Waals surface area contributed by atoms with Crippen molar-refractivity contribution in [3.05, 3.63) is 54.4 Å². The summed E-state index contributed by atoms with van der Waals surface area (Å²) >= 11 is 0. The fourth-order valence-electron chi connectivity index (χ4n) is 4.29. The second-order valence-electron chi connectivity index (χ2n) is 9.52. The maximum Gasteiger partial charge on any atom is 0.253 e. The largest absolute Gasteiger partial charge is 0.370 e. The minimum absolute atomic E-state index is 0.0298. The Hall–Kier alpha value is -3.95. The fourth-order valence-corrected chi connectivity index (χ4v) is 5.58. The fraction of sp³-hybridized carbons (Fsp3) is 0.375. The zero-order valence-corrected chi connectivity index (χ0v) is 21.6. The van der Waals surface area contributed by atoms with Crippen LogP contribution in [0.3, 0.4) is 0 Å². The van der Waals surface area contributed by atoms with Crippen molar-refractivity contribution in [1.29, 1.82) is 0 Å². The molecule has 0 atom stereocenters. The molecule has 1 saturated heterocycles. The Kier molecular flexibility index (Phi) is 6.70. The minimum Gasteiger partial charge on any atom is -0.370 e. The van der Waals surface area contributed by atoms with Crippen molar-refractivity contribution >= 4 is 44.3 Å². The lowest BCUT2D eigenvalue weighted by molar-refractivity contribution is -0.125. The predicted octanol–water partition coefficient (Wildman–Crippen LogP) is 1.40. The third-order valence-corrected chi connectivity index (χ3v) is 7.76. The van der Waals surface area contributed by atoms with Crippen LogP contribution in [-0.2, 0) is 32.6 Å². The molecular formula is C24H26FN9O4S. The number of carbonyl (C=O) groups excluding carboxylic acids is 1. The maximum atomic E-state index is 14.5. The van der Waals surface area contributed by atoms with E-state index in [1.165, 1.54) is 21.7 Å². The summed E-state index contributed by atoms with van der Waals surface area (Å²) in [6.45, 7) is 1.16. The molecule has 4 aromatic rings. The van der Waals surface area contributed by atoms with Crippen LogP contribution in [0.15, 0.2) is 43.0 Å². The van der Waals surface area contributed by atoms with E-state index in [1.807, 2.05) is 0 Å². The van der Waals surface area contributed by atoms with Crippen molar-refractivity contribution in [2.24, 2.45) is 0 Å². The first-order valence-electron chi connectivity index (χ1n) is 12.5. The molecule has 1 aliphatic heterocycles. The first-order chi connectivity index (χ1) is 18.8. The monoisotopic (exact) mass is 555 g/mol. The highest BCUT2D eigenvalue weighted by Crippen LogP contribution is 2.23. The van der Waals surface area contributed by atoms with Crippen LogP contribution in [0.4, 0.5) is 21.7 Å². The smallest absolute Gasteiger partial charge is 0.253 e. The van der Waals surface area contributed by atoms with E-state index in [-0.39, 0.29) is 37.4 Å². The van der Waals surface area contributed by atoms with E-state index in [0.29, 0.717) is 47.1 Å². The predicted molar refractivity (Wildman–Crippen MR) is 139 cm³/mol. The van der Waals surface area contributed by atoms with Crippen molar-refractivity contribution in [2.75, 3.05) is 35.7 Å². The second-order valence-corrected chi connectivity index (χ2v) is 11.4. The van der Waals surface area contributed by atoms with Crippen molar-refractivity contribution < 1.29 is 22.3 Å². The number of aromatic nitrogens is 6. The minimum atomic E-state index is -3.34. The van der Waals surface area contributed by atoms with Crippen LogP contribution in [0.5, 0.6) is 0 Å². The standard InChI is InChI=1S/C24H26FN9O4S/c25-18-7-16(8-21(9-18)33-3-5-38-15-22(33)35)13-34-23-17(11-28-34)10-26-24(30-23)29-20-12-27-32(14-20)4-6-39(36,37)31-19-1-2-19/h7-12,14,19,31H,1-6,13,15H2,(H,26,29,30). The number of benzene rings is 1. The average Bonchev–Trinajstić information content (AvgIpc) is 3.44. The number of hydrogen-bond donors (Lipinski definition) is 2. The Morgan fingerprint density at radius 1 is 1.13 bits per heavy atom. The number of nitrogens with zero attached hydrogens (tertiary/aromatic N) is 7. The van der Waals surface area contributed by atoms with Gasteiger partial charge in [0.15, 0.2) is 5.65 Å². The normalized spacial score (nSPS) is 16.2. The average molecular weight is 556 g/mol. The molecule has 204 valence electrons. The number of halogens is 1. The molecule has 6 rings (SSSR count). The Labute approximate surface area is 223 Å². The molecule has 2 fully saturated rings. The van der Waals surface area contributed by atoms with E-state index in [0.717, 1.165) is 12.8 Å². The van der Waals surface area contributed by atoms with E-state index in [1.54, 1.807) is 35.5 Å². The third-order valence-electron chi connectivity index (χ3n) is 6.35. The maximum absolute atomic E-state index is 14.5. The molecule has 13 nitrogen and oxygen atoms in total. The highest BCUT2D eigenvalue weighted by Gasteiger charge is 2.26. The van der Waals surface area contributed by atoms with Crippen molar-refractivity contribution in [1.82, 2.24) is 34.3 Å². The van der Waals surface area contributed by atoms with Gasteiger partial charge in [0.25, 0.3) is 5.91 Å². The number of fused-ring (bicyclic) bond motifs is 1. The van der Waals surface area contributed by atoms with Gasteiger partial charge in [0.2, 0.25) is 16.0 Å². The molecule has 1 aliphatic carbocycles. The lowest BCUT2D eigenvalue weighted by Crippen LogP contribution is -2.41. The molecule has 1 saturated carbocycles. The number of sulfonamides is 1. The van der Waals surface area contributed by atoms with Gasteiger partial charge < -0.3 is 15.0 Å². The van der Waals surface area contributed by atoms with Crippen molar-refractivity contribution in [3.63, 3.8) is 0 Å². The Bertz CT molecular complexity index is 1630. The number of anilines is 3. The zero-order valence-electron chi connectivity index (χ0n) is 20.8. The number of nitrogens with one attached hydrogen (secondary N) is 2. The van der Waals surface area contributed by atoms with Gasteiger partial charge in [0, 0.05) is 30.7 Å².